The lowest BCUT2D eigenvalue weighted by Crippen LogP contribution is -2.04. The van der Waals surface area contributed by atoms with Gasteiger partial charge in [0, 0.05) is 24.4 Å². The van der Waals surface area contributed by atoms with E-state index in [0.29, 0.717) is 6.54 Å². The zero-order chi connectivity index (χ0) is 14.4. The van der Waals surface area contributed by atoms with Crippen LogP contribution in [0.2, 0.25) is 0 Å². The van der Waals surface area contributed by atoms with Gasteiger partial charge in [0.2, 0.25) is 0 Å². The minimum Gasteiger partial charge on any atom is -0.497 e. The number of aromatic nitrogens is 2. The molecule has 0 fully saturated rings. The fourth-order valence-corrected chi connectivity index (χ4v) is 2.08. The van der Waals surface area contributed by atoms with Crippen LogP contribution >= 0.6 is 11.8 Å². The van der Waals surface area contributed by atoms with Gasteiger partial charge in [-0.1, -0.05) is 11.8 Å². The molecule has 20 heavy (non-hydrogen) atoms. The van der Waals surface area contributed by atoms with Crippen LogP contribution in [0.15, 0.2) is 35.6 Å². The number of nitrogens with zero attached hydrogens (tertiary/aromatic N) is 2. The monoisotopic (exact) mass is 291 g/mol. The molecule has 0 saturated carbocycles. The summed E-state index contributed by atoms with van der Waals surface area (Å²) in [5.41, 5.74) is 1.04. The van der Waals surface area contributed by atoms with Crippen molar-refractivity contribution in [2.24, 2.45) is 0 Å². The molecule has 0 radical (unpaired) electrons. The molecule has 0 saturated heterocycles. The van der Waals surface area contributed by atoms with Gasteiger partial charge in [-0.05, 0) is 24.5 Å². The van der Waals surface area contributed by atoms with Crippen molar-refractivity contribution in [2.75, 3.05) is 25.8 Å². The smallest absolute Gasteiger partial charge is 0.189 e. The van der Waals surface area contributed by atoms with Crippen molar-refractivity contribution in [3.05, 3.63) is 36.0 Å². The first-order valence-corrected chi connectivity index (χ1v) is 7.31. The van der Waals surface area contributed by atoms with Crippen molar-refractivity contribution in [1.82, 2.24) is 9.97 Å². The number of benzene rings is 1. The fourth-order valence-electron chi connectivity index (χ4n) is 1.72. The molecule has 2 aromatic rings. The van der Waals surface area contributed by atoms with Crippen LogP contribution in [0, 0.1) is 0 Å². The minimum absolute atomic E-state index is 0.623. The van der Waals surface area contributed by atoms with Crippen LogP contribution in [0.1, 0.15) is 5.56 Å². The van der Waals surface area contributed by atoms with Gasteiger partial charge in [0.15, 0.2) is 5.16 Å². The molecule has 5 nitrogen and oxygen atoms in total. The van der Waals surface area contributed by atoms with Crippen LogP contribution < -0.4 is 14.8 Å². The highest BCUT2D eigenvalue weighted by Crippen LogP contribution is 2.25. The van der Waals surface area contributed by atoms with Gasteiger partial charge in [0.25, 0.3) is 0 Å². The highest BCUT2D eigenvalue weighted by atomic mass is 32.2. The van der Waals surface area contributed by atoms with Crippen molar-refractivity contribution in [3.63, 3.8) is 0 Å². The second-order valence-electron chi connectivity index (χ2n) is 3.96. The predicted molar refractivity (Wildman–Crippen MR) is 80.7 cm³/mol. The average molecular weight is 291 g/mol. The summed E-state index contributed by atoms with van der Waals surface area (Å²) in [4.78, 5) is 8.51. The topological polar surface area (TPSA) is 56.3 Å². The number of thioether (sulfide) groups is 1. The van der Waals surface area contributed by atoms with E-state index in [2.05, 4.69) is 15.3 Å². The van der Waals surface area contributed by atoms with Crippen molar-refractivity contribution in [3.8, 4) is 11.5 Å². The summed E-state index contributed by atoms with van der Waals surface area (Å²) in [6.45, 7) is 0.623. The Kier molecular flexibility index (Phi) is 5.06. The summed E-state index contributed by atoms with van der Waals surface area (Å²) >= 11 is 1.51. The Labute approximate surface area is 122 Å². The minimum atomic E-state index is 0.623. The highest BCUT2D eigenvalue weighted by Gasteiger charge is 2.05. The number of methoxy groups -OCH3 is 2. The first kappa shape index (κ1) is 14.5. The molecule has 0 spiro atoms. The summed E-state index contributed by atoms with van der Waals surface area (Å²) < 4.78 is 10.5. The number of hydrogen-bond donors (Lipinski definition) is 1. The van der Waals surface area contributed by atoms with Gasteiger partial charge in [0.1, 0.15) is 17.3 Å². The van der Waals surface area contributed by atoms with E-state index in [0.717, 1.165) is 28.0 Å². The van der Waals surface area contributed by atoms with E-state index in [9.17, 15) is 0 Å². The summed E-state index contributed by atoms with van der Waals surface area (Å²) in [7, 11) is 3.28. The Bertz CT molecular complexity index is 578. The van der Waals surface area contributed by atoms with E-state index >= 15 is 0 Å². The van der Waals surface area contributed by atoms with Crippen LogP contribution in [-0.2, 0) is 6.54 Å². The molecule has 0 bridgehead atoms. The molecular weight excluding hydrogens is 274 g/mol. The van der Waals surface area contributed by atoms with Crippen molar-refractivity contribution >= 4 is 17.6 Å². The van der Waals surface area contributed by atoms with Crippen molar-refractivity contribution < 1.29 is 9.47 Å². The van der Waals surface area contributed by atoms with Crippen LogP contribution in [-0.4, -0.2) is 30.4 Å². The summed E-state index contributed by atoms with van der Waals surface area (Å²) in [5, 5.41) is 4.01. The van der Waals surface area contributed by atoms with E-state index in [4.69, 9.17) is 9.47 Å². The van der Waals surface area contributed by atoms with Gasteiger partial charge in [-0.3, -0.25) is 0 Å². The van der Waals surface area contributed by atoms with Crippen LogP contribution in [0.5, 0.6) is 11.5 Å². The lowest BCUT2D eigenvalue weighted by atomic mass is 10.2. The van der Waals surface area contributed by atoms with E-state index in [1.165, 1.54) is 11.8 Å². The molecule has 0 unspecified atom stereocenters. The Morgan fingerprint density at radius 1 is 1.20 bits per heavy atom. The summed E-state index contributed by atoms with van der Waals surface area (Å²) in [6, 6.07) is 7.59. The van der Waals surface area contributed by atoms with E-state index in [1.807, 2.05) is 30.5 Å². The fraction of sp³-hybridized carbons (Fsp3) is 0.286. The summed E-state index contributed by atoms with van der Waals surface area (Å²) in [6.07, 6.45) is 3.69. The maximum absolute atomic E-state index is 5.36. The lowest BCUT2D eigenvalue weighted by Gasteiger charge is -2.11. The Morgan fingerprint density at radius 3 is 2.75 bits per heavy atom. The maximum Gasteiger partial charge on any atom is 0.189 e. The number of nitrogens with one attached hydrogen (secondary N) is 1. The lowest BCUT2D eigenvalue weighted by molar-refractivity contribution is 0.391. The van der Waals surface area contributed by atoms with Crippen LogP contribution in [0.4, 0.5) is 5.82 Å². The number of ether oxygens (including phenoxy) is 2. The highest BCUT2D eigenvalue weighted by molar-refractivity contribution is 7.98. The second-order valence-corrected chi connectivity index (χ2v) is 4.73. The van der Waals surface area contributed by atoms with Gasteiger partial charge >= 0.3 is 0 Å². The molecule has 0 aliphatic rings. The van der Waals surface area contributed by atoms with Crippen molar-refractivity contribution in [2.45, 2.75) is 11.7 Å². The van der Waals surface area contributed by atoms with Gasteiger partial charge < -0.3 is 14.8 Å². The molecule has 0 amide bonds. The van der Waals surface area contributed by atoms with Gasteiger partial charge in [0.05, 0.1) is 14.2 Å². The third-order valence-electron chi connectivity index (χ3n) is 2.77. The quantitative estimate of drug-likeness (QED) is 0.652. The average Bonchev–Trinajstić information content (AvgIpc) is 2.52. The SMILES string of the molecule is COc1ccc(CNc2ccnc(SC)n2)c(OC)c1. The number of rotatable bonds is 6. The van der Waals surface area contributed by atoms with Crippen molar-refractivity contribution in [1.29, 1.82) is 0 Å². The van der Waals surface area contributed by atoms with Gasteiger partial charge in [-0.25, -0.2) is 9.97 Å². The molecular formula is C14H17N3O2S. The Balaban J connectivity index is 2.10. The Morgan fingerprint density at radius 2 is 2.05 bits per heavy atom. The third kappa shape index (κ3) is 3.54. The molecule has 106 valence electrons. The van der Waals surface area contributed by atoms with Crippen LogP contribution in [0.3, 0.4) is 0 Å². The maximum atomic E-state index is 5.36. The molecule has 1 heterocycles. The molecule has 0 aliphatic heterocycles. The first-order valence-electron chi connectivity index (χ1n) is 6.08. The van der Waals surface area contributed by atoms with Gasteiger partial charge in [-0.15, -0.1) is 0 Å². The third-order valence-corrected chi connectivity index (χ3v) is 3.33. The van der Waals surface area contributed by atoms with E-state index in [-0.39, 0.29) is 0 Å². The molecule has 1 N–H and O–H groups in total. The zero-order valence-corrected chi connectivity index (χ0v) is 12.5. The molecule has 1 aromatic carbocycles. The zero-order valence-electron chi connectivity index (χ0n) is 11.7. The molecule has 6 heteroatoms. The normalized spacial score (nSPS) is 10.2. The van der Waals surface area contributed by atoms with Crippen LogP contribution in [0.25, 0.3) is 0 Å². The Hall–Kier alpha value is -1.95. The largest absolute Gasteiger partial charge is 0.497 e. The number of hydrogen-bond acceptors (Lipinski definition) is 6. The van der Waals surface area contributed by atoms with E-state index < -0.39 is 0 Å². The first-order chi connectivity index (χ1) is 9.76. The van der Waals surface area contributed by atoms with E-state index in [1.54, 1.807) is 20.4 Å². The molecule has 0 atom stereocenters. The molecule has 1 aromatic heterocycles. The summed E-state index contributed by atoms with van der Waals surface area (Å²) in [5.74, 6) is 2.36. The predicted octanol–water partition coefficient (Wildman–Crippen LogP) is 2.83. The van der Waals surface area contributed by atoms with Gasteiger partial charge in [-0.2, -0.15) is 0 Å². The second kappa shape index (κ2) is 7.00. The molecule has 0 aliphatic carbocycles. The molecule has 2 rings (SSSR count). The standard InChI is InChI=1S/C14H17N3O2S/c1-18-11-5-4-10(12(8-11)19-2)9-16-13-6-7-15-14(17-13)20-3/h4-8H,9H2,1-3H3,(H,15,16,17). The number of anilines is 1.